The summed E-state index contributed by atoms with van der Waals surface area (Å²) < 4.78 is 6.81. The Labute approximate surface area is 123 Å². The minimum Gasteiger partial charge on any atom is -0.456 e. The van der Waals surface area contributed by atoms with Gasteiger partial charge in [-0.2, -0.15) is 0 Å². The van der Waals surface area contributed by atoms with Crippen molar-refractivity contribution in [1.29, 1.82) is 0 Å². The van der Waals surface area contributed by atoms with Crippen LogP contribution < -0.4 is 16.8 Å². The number of nitrogens with two attached hydrogens (primary N) is 1. The van der Waals surface area contributed by atoms with Gasteiger partial charge in [-0.05, 0) is 24.4 Å². The third kappa shape index (κ3) is 2.34. The normalized spacial score (nSPS) is 11.0. The van der Waals surface area contributed by atoms with Crippen LogP contribution in [0.25, 0.3) is 10.2 Å². The summed E-state index contributed by atoms with van der Waals surface area (Å²) in [5, 5.41) is 2.42. The van der Waals surface area contributed by atoms with Gasteiger partial charge in [0, 0.05) is 5.56 Å². The van der Waals surface area contributed by atoms with E-state index in [0.717, 1.165) is 5.56 Å². The molecule has 3 aromatic rings. The molecular weight excluding hydrogens is 292 g/mol. The van der Waals surface area contributed by atoms with Gasteiger partial charge in [-0.1, -0.05) is 0 Å². The van der Waals surface area contributed by atoms with E-state index in [0.29, 0.717) is 16.0 Å². The Morgan fingerprint density at radius 2 is 2.38 bits per heavy atom. The van der Waals surface area contributed by atoms with Crippen molar-refractivity contribution in [2.24, 2.45) is 5.84 Å². The van der Waals surface area contributed by atoms with Crippen LogP contribution in [0.15, 0.2) is 33.1 Å². The molecule has 3 N–H and O–H groups in total. The molecule has 0 aliphatic carbocycles. The standard InChI is InChI=1S/C13H12N4O3S/c1-7-8(4-10(20-7)11(18)16-14)5-17-6-15-12-9(13(17)19)2-3-21-12/h2-4,6H,5,14H2,1H3,(H,16,18). The second kappa shape index (κ2) is 5.15. The van der Waals surface area contributed by atoms with Crippen LogP contribution in [0.5, 0.6) is 0 Å². The number of aromatic nitrogens is 2. The van der Waals surface area contributed by atoms with Gasteiger partial charge in [-0.15, -0.1) is 11.3 Å². The van der Waals surface area contributed by atoms with E-state index < -0.39 is 5.91 Å². The lowest BCUT2D eigenvalue weighted by atomic mass is 10.2. The highest BCUT2D eigenvalue weighted by Crippen LogP contribution is 2.17. The van der Waals surface area contributed by atoms with Crippen LogP contribution >= 0.6 is 11.3 Å². The zero-order valence-corrected chi connectivity index (χ0v) is 11.9. The first-order valence-corrected chi connectivity index (χ1v) is 7.01. The van der Waals surface area contributed by atoms with Gasteiger partial charge in [0.25, 0.3) is 5.56 Å². The minimum atomic E-state index is -0.511. The van der Waals surface area contributed by atoms with E-state index in [-0.39, 0.29) is 17.9 Å². The number of nitrogens with one attached hydrogen (secondary N) is 1. The summed E-state index contributed by atoms with van der Waals surface area (Å²) >= 11 is 1.42. The Kier molecular flexibility index (Phi) is 3.32. The topological polar surface area (TPSA) is 103 Å². The first kappa shape index (κ1) is 13.5. The molecule has 108 valence electrons. The lowest BCUT2D eigenvalue weighted by Gasteiger charge is -2.03. The van der Waals surface area contributed by atoms with Gasteiger partial charge >= 0.3 is 5.91 Å². The Bertz CT molecular complexity index is 877. The molecule has 1 amide bonds. The van der Waals surface area contributed by atoms with E-state index >= 15 is 0 Å². The summed E-state index contributed by atoms with van der Waals surface area (Å²) in [5.41, 5.74) is 2.62. The number of nitrogen functional groups attached to an aromatic ring is 1. The van der Waals surface area contributed by atoms with Crippen LogP contribution in [0, 0.1) is 6.92 Å². The zero-order chi connectivity index (χ0) is 15.0. The molecule has 0 saturated carbocycles. The molecule has 0 saturated heterocycles. The molecule has 0 aliphatic rings. The Balaban J connectivity index is 1.98. The van der Waals surface area contributed by atoms with Gasteiger partial charge in [0.2, 0.25) is 0 Å². The van der Waals surface area contributed by atoms with Crippen molar-refractivity contribution < 1.29 is 9.21 Å². The van der Waals surface area contributed by atoms with Gasteiger partial charge in [-0.3, -0.25) is 19.6 Å². The van der Waals surface area contributed by atoms with Gasteiger partial charge < -0.3 is 4.42 Å². The number of hydrazine groups is 1. The van der Waals surface area contributed by atoms with Crippen molar-refractivity contribution >= 4 is 27.5 Å². The monoisotopic (exact) mass is 304 g/mol. The number of carbonyl (C=O) groups excluding carboxylic acids is 1. The van der Waals surface area contributed by atoms with Crippen molar-refractivity contribution in [3.63, 3.8) is 0 Å². The fraction of sp³-hybridized carbons (Fsp3) is 0.154. The number of hydrogen-bond acceptors (Lipinski definition) is 6. The molecular formula is C13H12N4O3S. The zero-order valence-electron chi connectivity index (χ0n) is 11.1. The van der Waals surface area contributed by atoms with E-state index in [4.69, 9.17) is 10.3 Å². The largest absolute Gasteiger partial charge is 0.456 e. The molecule has 21 heavy (non-hydrogen) atoms. The van der Waals surface area contributed by atoms with Crippen molar-refractivity contribution in [2.75, 3.05) is 0 Å². The number of furan rings is 1. The van der Waals surface area contributed by atoms with Crippen LogP contribution in [0.3, 0.4) is 0 Å². The van der Waals surface area contributed by atoms with Gasteiger partial charge in [0.05, 0.1) is 18.3 Å². The number of amides is 1. The lowest BCUT2D eigenvalue weighted by molar-refractivity contribution is 0.0924. The van der Waals surface area contributed by atoms with Crippen molar-refractivity contribution in [3.05, 3.63) is 51.3 Å². The van der Waals surface area contributed by atoms with Crippen molar-refractivity contribution in [2.45, 2.75) is 13.5 Å². The maximum absolute atomic E-state index is 12.3. The fourth-order valence-electron chi connectivity index (χ4n) is 2.05. The number of nitrogens with zero attached hydrogens (tertiary/aromatic N) is 2. The van der Waals surface area contributed by atoms with Crippen LogP contribution in [0.2, 0.25) is 0 Å². The summed E-state index contributed by atoms with van der Waals surface area (Å²) in [6, 6.07) is 3.32. The highest BCUT2D eigenvalue weighted by molar-refractivity contribution is 7.16. The average molecular weight is 304 g/mol. The quantitative estimate of drug-likeness (QED) is 0.427. The van der Waals surface area contributed by atoms with E-state index in [1.807, 2.05) is 10.8 Å². The number of carbonyl (C=O) groups is 1. The Morgan fingerprint density at radius 3 is 3.14 bits per heavy atom. The predicted molar refractivity (Wildman–Crippen MR) is 78.1 cm³/mol. The third-order valence-electron chi connectivity index (χ3n) is 3.17. The predicted octanol–water partition coefficient (Wildman–Crippen LogP) is 1.01. The number of rotatable bonds is 3. The molecule has 0 aromatic carbocycles. The van der Waals surface area contributed by atoms with E-state index in [2.05, 4.69) is 4.98 Å². The molecule has 3 rings (SSSR count). The molecule has 0 bridgehead atoms. The highest BCUT2D eigenvalue weighted by Gasteiger charge is 2.14. The third-order valence-corrected chi connectivity index (χ3v) is 3.99. The summed E-state index contributed by atoms with van der Waals surface area (Å²) in [4.78, 5) is 28.7. The second-order valence-electron chi connectivity index (χ2n) is 4.48. The van der Waals surface area contributed by atoms with E-state index in [9.17, 15) is 9.59 Å². The van der Waals surface area contributed by atoms with Crippen LogP contribution in [-0.2, 0) is 6.54 Å². The van der Waals surface area contributed by atoms with E-state index in [1.165, 1.54) is 22.2 Å². The molecule has 3 aromatic heterocycles. The molecule has 0 aliphatic heterocycles. The second-order valence-corrected chi connectivity index (χ2v) is 5.38. The minimum absolute atomic E-state index is 0.114. The van der Waals surface area contributed by atoms with Gasteiger partial charge in [-0.25, -0.2) is 10.8 Å². The molecule has 7 nitrogen and oxygen atoms in total. The SMILES string of the molecule is Cc1oc(C(=O)NN)cc1Cn1cnc2sccc2c1=O. The molecule has 0 unspecified atom stereocenters. The molecule has 0 fully saturated rings. The van der Waals surface area contributed by atoms with Gasteiger partial charge in [0.1, 0.15) is 10.6 Å². The Morgan fingerprint density at radius 1 is 1.57 bits per heavy atom. The number of fused-ring (bicyclic) bond motifs is 1. The number of thiophene rings is 1. The summed E-state index contributed by atoms with van der Waals surface area (Å²) in [7, 11) is 0. The van der Waals surface area contributed by atoms with Crippen LogP contribution in [-0.4, -0.2) is 15.5 Å². The molecule has 8 heteroatoms. The molecule has 3 heterocycles. The molecule has 0 atom stereocenters. The first-order chi connectivity index (χ1) is 10.1. The number of hydrogen-bond donors (Lipinski definition) is 2. The Hall–Kier alpha value is -2.45. The molecule has 0 radical (unpaired) electrons. The first-order valence-electron chi connectivity index (χ1n) is 6.13. The van der Waals surface area contributed by atoms with Crippen molar-refractivity contribution in [3.8, 4) is 0 Å². The smallest absolute Gasteiger partial charge is 0.300 e. The van der Waals surface area contributed by atoms with Crippen LogP contribution in [0.1, 0.15) is 21.9 Å². The van der Waals surface area contributed by atoms with Crippen LogP contribution in [0.4, 0.5) is 0 Å². The van der Waals surface area contributed by atoms with Crippen molar-refractivity contribution in [1.82, 2.24) is 15.0 Å². The maximum Gasteiger partial charge on any atom is 0.300 e. The lowest BCUT2D eigenvalue weighted by Crippen LogP contribution is -2.29. The summed E-state index contributed by atoms with van der Waals surface area (Å²) in [6.07, 6.45) is 1.50. The number of aryl methyl sites for hydroxylation is 1. The molecule has 0 spiro atoms. The summed E-state index contributed by atoms with van der Waals surface area (Å²) in [5.74, 6) is 5.23. The van der Waals surface area contributed by atoms with E-state index in [1.54, 1.807) is 19.1 Å². The highest BCUT2D eigenvalue weighted by atomic mass is 32.1. The summed E-state index contributed by atoms with van der Waals surface area (Å²) in [6.45, 7) is 2.01. The van der Waals surface area contributed by atoms with Gasteiger partial charge in [0.15, 0.2) is 5.76 Å². The average Bonchev–Trinajstić information content (AvgIpc) is 3.09. The maximum atomic E-state index is 12.3. The fourth-order valence-corrected chi connectivity index (χ4v) is 2.77.